The molecule has 1 rings (SSSR count). The number of hydrogen-bond acceptors (Lipinski definition) is 3. The summed E-state index contributed by atoms with van der Waals surface area (Å²) in [4.78, 5) is 0. The fraction of sp³-hybridized carbons (Fsp3) is 0.833. The Kier molecular flexibility index (Phi) is 4.59. The first-order valence-electron chi connectivity index (χ1n) is 5.62. The zero-order valence-corrected chi connectivity index (χ0v) is 9.75. The van der Waals surface area contributed by atoms with Gasteiger partial charge in [-0.15, -0.1) is 6.42 Å². The van der Waals surface area contributed by atoms with Crippen LogP contribution in [0.3, 0.4) is 0 Å². The smallest absolute Gasteiger partial charge is 0.0663 e. The Morgan fingerprint density at radius 3 is 2.60 bits per heavy atom. The van der Waals surface area contributed by atoms with Gasteiger partial charge in [-0.05, 0) is 32.6 Å². The maximum absolute atomic E-state index is 5.86. The van der Waals surface area contributed by atoms with Crippen LogP contribution in [0, 0.1) is 12.3 Å². The van der Waals surface area contributed by atoms with Crippen LogP contribution in [0.15, 0.2) is 0 Å². The van der Waals surface area contributed by atoms with E-state index in [0.717, 1.165) is 25.7 Å². The molecule has 0 aromatic heterocycles. The van der Waals surface area contributed by atoms with Gasteiger partial charge in [0.1, 0.15) is 0 Å². The van der Waals surface area contributed by atoms with E-state index in [1.165, 1.54) is 0 Å². The van der Waals surface area contributed by atoms with E-state index in [1.54, 1.807) is 7.11 Å². The van der Waals surface area contributed by atoms with E-state index in [2.05, 4.69) is 11.2 Å². The normalized spacial score (nSPS) is 33.3. The number of methoxy groups -OCH3 is 1. The molecule has 0 saturated heterocycles. The quantitative estimate of drug-likeness (QED) is 0.677. The largest absolute Gasteiger partial charge is 0.381 e. The third-order valence-corrected chi connectivity index (χ3v) is 3.39. The number of nitrogens with one attached hydrogen (secondary N) is 1. The van der Waals surface area contributed by atoms with Crippen molar-refractivity contribution in [2.24, 2.45) is 5.73 Å². The predicted molar refractivity (Wildman–Crippen MR) is 62.5 cm³/mol. The van der Waals surface area contributed by atoms with E-state index in [0.29, 0.717) is 12.6 Å². The van der Waals surface area contributed by atoms with Crippen molar-refractivity contribution in [3.05, 3.63) is 0 Å². The molecule has 1 saturated carbocycles. The minimum atomic E-state index is 0.0286. The Labute approximate surface area is 92.8 Å². The summed E-state index contributed by atoms with van der Waals surface area (Å²) in [5.41, 5.74) is 5.88. The topological polar surface area (TPSA) is 47.3 Å². The van der Waals surface area contributed by atoms with Crippen LogP contribution in [-0.4, -0.2) is 31.3 Å². The highest BCUT2D eigenvalue weighted by atomic mass is 16.5. The highest BCUT2D eigenvalue weighted by molar-refractivity contribution is 5.03. The zero-order valence-electron chi connectivity index (χ0n) is 9.75. The molecule has 1 fully saturated rings. The van der Waals surface area contributed by atoms with Gasteiger partial charge in [-0.3, -0.25) is 5.32 Å². The minimum absolute atomic E-state index is 0.0286. The molecule has 3 heteroatoms. The van der Waals surface area contributed by atoms with Gasteiger partial charge in [0.15, 0.2) is 0 Å². The fourth-order valence-electron chi connectivity index (χ4n) is 2.29. The average molecular weight is 210 g/mol. The Balaban J connectivity index is 2.53. The van der Waals surface area contributed by atoms with Gasteiger partial charge in [0.2, 0.25) is 0 Å². The van der Waals surface area contributed by atoms with Crippen molar-refractivity contribution in [3.63, 3.8) is 0 Å². The lowest BCUT2D eigenvalue weighted by molar-refractivity contribution is 0.0422. The molecule has 86 valence electrons. The second kappa shape index (κ2) is 5.50. The molecule has 3 N–H and O–H groups in total. The molecule has 3 nitrogen and oxygen atoms in total. The number of hydrogen-bond donors (Lipinski definition) is 2. The summed E-state index contributed by atoms with van der Waals surface area (Å²) < 4.78 is 5.35. The molecule has 0 aliphatic heterocycles. The van der Waals surface area contributed by atoms with Crippen molar-refractivity contribution in [3.8, 4) is 12.3 Å². The average Bonchev–Trinajstić information content (AvgIpc) is 2.30. The second-order valence-electron chi connectivity index (χ2n) is 4.45. The van der Waals surface area contributed by atoms with Crippen molar-refractivity contribution in [2.45, 2.75) is 50.3 Å². The first-order chi connectivity index (χ1) is 7.15. The first-order valence-corrected chi connectivity index (χ1v) is 5.62. The molecule has 0 radical (unpaired) electrons. The van der Waals surface area contributed by atoms with Crippen LogP contribution >= 0.6 is 0 Å². The summed E-state index contributed by atoms with van der Waals surface area (Å²) in [5.74, 6) is 2.70. The van der Waals surface area contributed by atoms with Crippen molar-refractivity contribution in [1.82, 2.24) is 5.32 Å². The highest BCUT2D eigenvalue weighted by Gasteiger charge is 2.34. The SMILES string of the molecule is C#CC(C)NC1(CN)CCC(OC)CC1. The third kappa shape index (κ3) is 3.20. The lowest BCUT2D eigenvalue weighted by Crippen LogP contribution is -2.56. The van der Waals surface area contributed by atoms with E-state index >= 15 is 0 Å². The van der Waals surface area contributed by atoms with Crippen LogP contribution in [0.1, 0.15) is 32.6 Å². The van der Waals surface area contributed by atoms with Crippen molar-refractivity contribution in [2.75, 3.05) is 13.7 Å². The third-order valence-electron chi connectivity index (χ3n) is 3.39. The van der Waals surface area contributed by atoms with Crippen LogP contribution in [-0.2, 0) is 4.74 Å². The van der Waals surface area contributed by atoms with E-state index in [1.807, 2.05) is 6.92 Å². The van der Waals surface area contributed by atoms with Crippen molar-refractivity contribution >= 4 is 0 Å². The van der Waals surface area contributed by atoms with Crippen LogP contribution in [0.25, 0.3) is 0 Å². The van der Waals surface area contributed by atoms with Gasteiger partial charge >= 0.3 is 0 Å². The summed E-state index contributed by atoms with van der Waals surface area (Å²) in [7, 11) is 1.78. The van der Waals surface area contributed by atoms with Crippen molar-refractivity contribution < 1.29 is 4.74 Å². The van der Waals surface area contributed by atoms with E-state index < -0.39 is 0 Å². The minimum Gasteiger partial charge on any atom is -0.381 e. The molecular formula is C12H22N2O. The van der Waals surface area contributed by atoms with Gasteiger partial charge in [-0.2, -0.15) is 0 Å². The molecule has 0 bridgehead atoms. The molecule has 1 aliphatic rings. The Hall–Kier alpha value is -0.560. The molecule has 0 heterocycles. The molecule has 15 heavy (non-hydrogen) atoms. The Morgan fingerprint density at radius 1 is 1.60 bits per heavy atom. The first kappa shape index (κ1) is 12.5. The number of nitrogens with two attached hydrogens (primary N) is 1. The van der Waals surface area contributed by atoms with Gasteiger partial charge in [0.05, 0.1) is 12.1 Å². The summed E-state index contributed by atoms with van der Waals surface area (Å²) >= 11 is 0. The summed E-state index contributed by atoms with van der Waals surface area (Å²) in [5, 5.41) is 3.46. The van der Waals surface area contributed by atoms with E-state index in [-0.39, 0.29) is 11.6 Å². The van der Waals surface area contributed by atoms with Crippen LogP contribution < -0.4 is 11.1 Å². The lowest BCUT2D eigenvalue weighted by Gasteiger charge is -2.41. The van der Waals surface area contributed by atoms with Gasteiger partial charge in [-0.25, -0.2) is 0 Å². The maximum Gasteiger partial charge on any atom is 0.0663 e. The van der Waals surface area contributed by atoms with Gasteiger partial charge in [-0.1, -0.05) is 5.92 Å². The number of ether oxygens (including phenoxy) is 1. The molecule has 0 aromatic carbocycles. The molecule has 1 unspecified atom stereocenters. The highest BCUT2D eigenvalue weighted by Crippen LogP contribution is 2.29. The van der Waals surface area contributed by atoms with Crippen LogP contribution in [0.5, 0.6) is 0 Å². The fourth-order valence-corrected chi connectivity index (χ4v) is 2.29. The molecule has 1 atom stereocenters. The van der Waals surface area contributed by atoms with Gasteiger partial charge in [0.25, 0.3) is 0 Å². The Bertz CT molecular complexity index is 226. The lowest BCUT2D eigenvalue weighted by atomic mass is 9.80. The monoisotopic (exact) mass is 210 g/mol. The molecule has 0 amide bonds. The van der Waals surface area contributed by atoms with Crippen LogP contribution in [0.4, 0.5) is 0 Å². The summed E-state index contributed by atoms with van der Waals surface area (Å²) in [6.07, 6.45) is 10.0. The molecular weight excluding hydrogens is 188 g/mol. The van der Waals surface area contributed by atoms with E-state index in [9.17, 15) is 0 Å². The Morgan fingerprint density at radius 2 is 2.20 bits per heavy atom. The zero-order chi connectivity index (χ0) is 11.3. The number of rotatable bonds is 4. The standard InChI is InChI=1S/C12H22N2O/c1-4-10(2)14-12(9-13)7-5-11(15-3)6-8-12/h1,10-11,14H,5-9,13H2,2-3H3. The van der Waals surface area contributed by atoms with Crippen molar-refractivity contribution in [1.29, 1.82) is 0 Å². The second-order valence-corrected chi connectivity index (χ2v) is 4.45. The molecule has 0 spiro atoms. The molecule has 0 aromatic rings. The molecule has 1 aliphatic carbocycles. The van der Waals surface area contributed by atoms with Gasteiger partial charge in [0, 0.05) is 19.2 Å². The number of terminal acetylenes is 1. The van der Waals surface area contributed by atoms with Gasteiger partial charge < -0.3 is 10.5 Å². The maximum atomic E-state index is 5.86. The van der Waals surface area contributed by atoms with Crippen LogP contribution in [0.2, 0.25) is 0 Å². The van der Waals surface area contributed by atoms with E-state index in [4.69, 9.17) is 16.9 Å². The predicted octanol–water partition coefficient (Wildman–Crippen LogP) is 0.884. The summed E-state index contributed by atoms with van der Waals surface area (Å²) in [6, 6.07) is 0.0904. The summed E-state index contributed by atoms with van der Waals surface area (Å²) in [6.45, 7) is 2.65.